The second-order valence-corrected chi connectivity index (χ2v) is 2.24. The van der Waals surface area contributed by atoms with Crippen LogP contribution < -0.4 is 0 Å². The fraction of sp³-hybridized carbons (Fsp3) is 0.0909. The van der Waals surface area contributed by atoms with Gasteiger partial charge in [0, 0.05) is 30.6 Å². The van der Waals surface area contributed by atoms with Gasteiger partial charge < -0.3 is 5.41 Å². The molecule has 0 aromatic carbocycles. The van der Waals surface area contributed by atoms with Crippen molar-refractivity contribution in [2.75, 3.05) is 7.05 Å². The Morgan fingerprint density at radius 2 is 2.00 bits per heavy atom. The van der Waals surface area contributed by atoms with E-state index < -0.39 is 0 Å². The molecule has 0 fully saturated rings. The zero-order valence-corrected chi connectivity index (χ0v) is 7.83. The zero-order valence-electron chi connectivity index (χ0n) is 7.83. The van der Waals surface area contributed by atoms with Gasteiger partial charge in [0.15, 0.2) is 0 Å². The van der Waals surface area contributed by atoms with Gasteiger partial charge in [-0.25, -0.2) is 0 Å². The van der Waals surface area contributed by atoms with E-state index in [2.05, 4.69) is 18.2 Å². The van der Waals surface area contributed by atoms with Crippen LogP contribution in [0.3, 0.4) is 0 Å². The van der Waals surface area contributed by atoms with Crippen LogP contribution in [0.5, 0.6) is 0 Å². The highest BCUT2D eigenvalue weighted by molar-refractivity contribution is 5.94. The number of hydrogen-bond acceptors (Lipinski definition) is 2. The molecule has 2 nitrogen and oxygen atoms in total. The fourth-order valence-corrected chi connectivity index (χ4v) is 0.785. The summed E-state index contributed by atoms with van der Waals surface area (Å²) in [6.07, 6.45) is 9.86. The van der Waals surface area contributed by atoms with Crippen molar-refractivity contribution in [3.05, 3.63) is 48.6 Å². The van der Waals surface area contributed by atoms with Crippen molar-refractivity contribution in [3.63, 3.8) is 0 Å². The Morgan fingerprint density at radius 3 is 2.38 bits per heavy atom. The Labute approximate surface area is 79.2 Å². The first-order chi connectivity index (χ1) is 6.29. The Bertz CT molecular complexity index is 270. The van der Waals surface area contributed by atoms with Crippen LogP contribution in [0, 0.1) is 5.41 Å². The van der Waals surface area contributed by atoms with Crippen LogP contribution in [0.2, 0.25) is 0 Å². The second-order valence-electron chi connectivity index (χ2n) is 2.24. The SMILES string of the molecule is C=C\C=C/C(/C=N\C)=C(\C=C)C=N. The van der Waals surface area contributed by atoms with Crippen molar-refractivity contribution in [1.29, 1.82) is 5.41 Å². The molecule has 0 rings (SSSR count). The molecule has 0 heterocycles. The van der Waals surface area contributed by atoms with Crippen LogP contribution in [0.4, 0.5) is 0 Å². The van der Waals surface area contributed by atoms with E-state index in [0.717, 1.165) is 11.1 Å². The lowest BCUT2D eigenvalue weighted by atomic mass is 10.1. The summed E-state index contributed by atoms with van der Waals surface area (Å²) in [5.41, 5.74) is 1.59. The quantitative estimate of drug-likeness (QED) is 0.491. The molecule has 0 atom stereocenters. The maximum Gasteiger partial charge on any atom is 0.0287 e. The van der Waals surface area contributed by atoms with Crippen LogP contribution in [-0.2, 0) is 0 Å². The molecular weight excluding hydrogens is 160 g/mol. The average molecular weight is 174 g/mol. The lowest BCUT2D eigenvalue weighted by Crippen LogP contribution is -1.89. The summed E-state index contributed by atoms with van der Waals surface area (Å²) in [6.45, 7) is 7.18. The summed E-state index contributed by atoms with van der Waals surface area (Å²) in [5.74, 6) is 0. The molecule has 0 unspecified atom stereocenters. The van der Waals surface area contributed by atoms with Crippen LogP contribution in [0.1, 0.15) is 0 Å². The molecule has 0 saturated heterocycles. The predicted octanol–water partition coefficient (Wildman–Crippen LogP) is 2.56. The summed E-state index contributed by atoms with van der Waals surface area (Å²) < 4.78 is 0. The Kier molecular flexibility index (Phi) is 6.06. The number of nitrogens with one attached hydrogen (secondary N) is 1. The van der Waals surface area contributed by atoms with Gasteiger partial charge in [0.2, 0.25) is 0 Å². The molecule has 0 saturated carbocycles. The maximum atomic E-state index is 7.13. The number of hydrogen-bond donors (Lipinski definition) is 1. The number of allylic oxidation sites excluding steroid dienone is 6. The second kappa shape index (κ2) is 6.98. The van der Waals surface area contributed by atoms with Gasteiger partial charge in [0.25, 0.3) is 0 Å². The minimum absolute atomic E-state index is 0.740. The van der Waals surface area contributed by atoms with Crippen molar-refractivity contribution in [3.8, 4) is 0 Å². The normalized spacial score (nSPS) is 13.0. The first kappa shape index (κ1) is 11.3. The Hall–Kier alpha value is -1.70. The average Bonchev–Trinajstić information content (AvgIpc) is 2.16. The summed E-state index contributed by atoms with van der Waals surface area (Å²) in [7, 11) is 1.69. The van der Waals surface area contributed by atoms with Crippen molar-refractivity contribution < 1.29 is 0 Å². The van der Waals surface area contributed by atoms with Crippen LogP contribution in [0.15, 0.2) is 53.6 Å². The molecule has 68 valence electrons. The van der Waals surface area contributed by atoms with Gasteiger partial charge in [-0.1, -0.05) is 37.5 Å². The topological polar surface area (TPSA) is 36.2 Å². The first-order valence-electron chi connectivity index (χ1n) is 3.88. The maximum absolute atomic E-state index is 7.13. The number of aliphatic imine (C=N–C) groups is 1. The predicted molar refractivity (Wildman–Crippen MR) is 59.8 cm³/mol. The van der Waals surface area contributed by atoms with Gasteiger partial charge in [-0.3, -0.25) is 4.99 Å². The van der Waals surface area contributed by atoms with Gasteiger partial charge in [-0.05, 0) is 0 Å². The standard InChI is InChI=1S/C11H14N2/c1-4-6-7-11(9-13-3)10(5-2)8-12/h4-9,12H,1-2H2,3H3/b7-6-,11-10-,12-8?,13-9-. The van der Waals surface area contributed by atoms with Crippen molar-refractivity contribution >= 4 is 12.4 Å². The van der Waals surface area contributed by atoms with Gasteiger partial charge in [-0.15, -0.1) is 0 Å². The molecule has 0 aliphatic rings. The van der Waals surface area contributed by atoms with E-state index in [-0.39, 0.29) is 0 Å². The van der Waals surface area contributed by atoms with E-state index in [9.17, 15) is 0 Å². The van der Waals surface area contributed by atoms with Crippen molar-refractivity contribution in [1.82, 2.24) is 0 Å². The summed E-state index contributed by atoms with van der Waals surface area (Å²) in [4.78, 5) is 3.89. The highest BCUT2D eigenvalue weighted by Crippen LogP contribution is 2.03. The third-order valence-corrected chi connectivity index (χ3v) is 1.39. The molecule has 1 N–H and O–H groups in total. The lowest BCUT2D eigenvalue weighted by molar-refractivity contribution is 1.46. The number of nitrogens with zero attached hydrogens (tertiary/aromatic N) is 1. The summed E-state index contributed by atoms with van der Waals surface area (Å²) in [5, 5.41) is 7.13. The summed E-state index contributed by atoms with van der Waals surface area (Å²) in [6, 6.07) is 0. The minimum atomic E-state index is 0.740. The molecule has 0 radical (unpaired) electrons. The van der Waals surface area contributed by atoms with Gasteiger partial charge in [-0.2, -0.15) is 0 Å². The van der Waals surface area contributed by atoms with Crippen molar-refractivity contribution in [2.24, 2.45) is 4.99 Å². The Morgan fingerprint density at radius 1 is 1.31 bits per heavy atom. The third kappa shape index (κ3) is 4.01. The van der Waals surface area contributed by atoms with Gasteiger partial charge in [0.1, 0.15) is 0 Å². The van der Waals surface area contributed by atoms with E-state index in [0.29, 0.717) is 0 Å². The molecule has 2 heteroatoms. The van der Waals surface area contributed by atoms with E-state index in [4.69, 9.17) is 5.41 Å². The minimum Gasteiger partial charge on any atom is -0.308 e. The monoisotopic (exact) mass is 174 g/mol. The van der Waals surface area contributed by atoms with Gasteiger partial charge in [0.05, 0.1) is 0 Å². The highest BCUT2D eigenvalue weighted by atomic mass is 14.6. The van der Waals surface area contributed by atoms with Crippen molar-refractivity contribution in [2.45, 2.75) is 0 Å². The molecule has 0 aliphatic carbocycles. The molecule has 0 aromatic heterocycles. The molecule has 0 bridgehead atoms. The highest BCUT2D eigenvalue weighted by Gasteiger charge is 1.93. The molecule has 0 spiro atoms. The van der Waals surface area contributed by atoms with Gasteiger partial charge >= 0.3 is 0 Å². The van der Waals surface area contributed by atoms with E-state index in [1.165, 1.54) is 6.21 Å². The molecule has 13 heavy (non-hydrogen) atoms. The largest absolute Gasteiger partial charge is 0.308 e. The Balaban J connectivity index is 5.05. The number of rotatable bonds is 5. The summed E-state index contributed by atoms with van der Waals surface area (Å²) >= 11 is 0. The van der Waals surface area contributed by atoms with E-state index in [1.54, 1.807) is 31.5 Å². The molecule has 0 amide bonds. The van der Waals surface area contributed by atoms with E-state index in [1.807, 2.05) is 6.08 Å². The fourth-order valence-electron chi connectivity index (χ4n) is 0.785. The molecule has 0 aromatic rings. The van der Waals surface area contributed by atoms with E-state index >= 15 is 0 Å². The third-order valence-electron chi connectivity index (χ3n) is 1.39. The lowest BCUT2D eigenvalue weighted by Gasteiger charge is -1.96. The smallest absolute Gasteiger partial charge is 0.0287 e. The molecular formula is C11H14N2. The van der Waals surface area contributed by atoms with Crippen LogP contribution in [0.25, 0.3) is 0 Å². The molecule has 0 aliphatic heterocycles. The van der Waals surface area contributed by atoms with Crippen LogP contribution in [-0.4, -0.2) is 19.5 Å². The first-order valence-corrected chi connectivity index (χ1v) is 3.88. The van der Waals surface area contributed by atoms with Crippen LogP contribution >= 0.6 is 0 Å². The zero-order chi connectivity index (χ0) is 10.1.